The Kier molecular flexibility index (Phi) is 6.10. The van der Waals surface area contributed by atoms with Crippen molar-refractivity contribution in [2.45, 2.75) is 38.2 Å². The van der Waals surface area contributed by atoms with Crippen LogP contribution in [-0.4, -0.2) is 26.1 Å². The van der Waals surface area contributed by atoms with Gasteiger partial charge in [0.2, 0.25) is 0 Å². The van der Waals surface area contributed by atoms with Crippen LogP contribution in [0.2, 0.25) is 5.15 Å². The molecule has 0 unspecified atom stereocenters. The molecule has 0 radical (unpaired) electrons. The second kappa shape index (κ2) is 9.31. The van der Waals surface area contributed by atoms with E-state index in [1.165, 1.54) is 0 Å². The molecule has 32 heavy (non-hydrogen) atoms. The van der Waals surface area contributed by atoms with E-state index in [0.29, 0.717) is 23.6 Å². The van der Waals surface area contributed by atoms with Crippen molar-refractivity contribution in [2.24, 2.45) is 5.92 Å². The van der Waals surface area contributed by atoms with Crippen molar-refractivity contribution in [1.29, 1.82) is 0 Å². The summed E-state index contributed by atoms with van der Waals surface area (Å²) in [5.41, 5.74) is 3.68. The standard InChI is InChI=1S/C26H26ClN3O2/c27-25-24-14-28-26(20-11-9-18(16-31)10-12-20)30(24)15-23(29-25)21-7-4-8-22(13-21)32-17-19-5-2-1-3-6-19/h1-8,13-15,18,20,31H,9-12,16-17H2/t18-,20-. The maximum Gasteiger partial charge on any atom is 0.155 e. The molecule has 2 aromatic carbocycles. The van der Waals surface area contributed by atoms with Gasteiger partial charge in [0.05, 0.1) is 11.9 Å². The smallest absolute Gasteiger partial charge is 0.155 e. The Morgan fingerprint density at radius 3 is 2.62 bits per heavy atom. The van der Waals surface area contributed by atoms with Gasteiger partial charge in [0.1, 0.15) is 23.7 Å². The van der Waals surface area contributed by atoms with Crippen LogP contribution in [0.25, 0.3) is 16.8 Å². The minimum atomic E-state index is 0.275. The fraction of sp³-hybridized carbons (Fsp3) is 0.308. The Morgan fingerprint density at radius 1 is 1.03 bits per heavy atom. The van der Waals surface area contributed by atoms with Gasteiger partial charge in [-0.1, -0.05) is 54.1 Å². The van der Waals surface area contributed by atoms with Gasteiger partial charge in [-0.05, 0) is 49.3 Å². The third-order valence-corrected chi connectivity index (χ3v) is 6.63. The fourth-order valence-corrected chi connectivity index (χ4v) is 4.74. The van der Waals surface area contributed by atoms with Gasteiger partial charge in [-0.3, -0.25) is 4.40 Å². The number of imidazole rings is 1. The number of aliphatic hydroxyl groups excluding tert-OH is 1. The Hall–Kier alpha value is -2.89. The highest BCUT2D eigenvalue weighted by molar-refractivity contribution is 6.32. The topological polar surface area (TPSA) is 59.7 Å². The van der Waals surface area contributed by atoms with Crippen molar-refractivity contribution in [3.8, 4) is 17.0 Å². The molecule has 0 aliphatic heterocycles. The highest BCUT2D eigenvalue weighted by Crippen LogP contribution is 2.36. The van der Waals surface area contributed by atoms with E-state index in [-0.39, 0.29) is 6.61 Å². The number of ether oxygens (including phenoxy) is 1. The summed E-state index contributed by atoms with van der Waals surface area (Å²) in [5.74, 6) is 2.60. The molecule has 0 amide bonds. The third kappa shape index (κ3) is 4.36. The number of fused-ring (bicyclic) bond motifs is 1. The zero-order valence-electron chi connectivity index (χ0n) is 17.8. The predicted molar refractivity (Wildman–Crippen MR) is 126 cm³/mol. The average Bonchev–Trinajstić information content (AvgIpc) is 3.28. The fourth-order valence-electron chi connectivity index (χ4n) is 4.51. The monoisotopic (exact) mass is 447 g/mol. The molecule has 1 N–H and O–H groups in total. The first-order valence-electron chi connectivity index (χ1n) is 11.1. The molecule has 0 bridgehead atoms. The van der Waals surface area contributed by atoms with Gasteiger partial charge in [0, 0.05) is 24.3 Å². The Labute approximate surface area is 192 Å². The quantitative estimate of drug-likeness (QED) is 0.400. The van der Waals surface area contributed by atoms with E-state index in [9.17, 15) is 5.11 Å². The van der Waals surface area contributed by atoms with E-state index in [2.05, 4.69) is 9.38 Å². The summed E-state index contributed by atoms with van der Waals surface area (Å²) in [5, 5.41) is 9.89. The van der Waals surface area contributed by atoms with E-state index in [1.807, 2.05) is 67.0 Å². The maximum absolute atomic E-state index is 9.45. The highest BCUT2D eigenvalue weighted by atomic mass is 35.5. The van der Waals surface area contributed by atoms with E-state index in [0.717, 1.165) is 59.6 Å². The van der Waals surface area contributed by atoms with Gasteiger partial charge >= 0.3 is 0 Å². The van der Waals surface area contributed by atoms with Crippen LogP contribution in [0.15, 0.2) is 67.0 Å². The molecule has 164 valence electrons. The molecule has 1 aliphatic carbocycles. The molecule has 2 heterocycles. The van der Waals surface area contributed by atoms with Gasteiger partial charge in [-0.15, -0.1) is 0 Å². The second-order valence-corrected chi connectivity index (χ2v) is 8.85. The summed E-state index contributed by atoms with van der Waals surface area (Å²) in [6.07, 6.45) is 7.96. The number of rotatable bonds is 6. The van der Waals surface area contributed by atoms with E-state index >= 15 is 0 Å². The van der Waals surface area contributed by atoms with Crippen LogP contribution >= 0.6 is 11.6 Å². The number of aromatic nitrogens is 3. The van der Waals surface area contributed by atoms with Gasteiger partial charge in [0.25, 0.3) is 0 Å². The summed E-state index contributed by atoms with van der Waals surface area (Å²) < 4.78 is 8.09. The molecule has 0 saturated heterocycles. The minimum Gasteiger partial charge on any atom is -0.489 e. The Morgan fingerprint density at radius 2 is 1.84 bits per heavy atom. The van der Waals surface area contributed by atoms with Gasteiger partial charge in [0.15, 0.2) is 5.15 Å². The van der Waals surface area contributed by atoms with Crippen molar-refractivity contribution in [1.82, 2.24) is 14.4 Å². The second-order valence-electron chi connectivity index (χ2n) is 8.49. The Balaban J connectivity index is 1.42. The van der Waals surface area contributed by atoms with Crippen LogP contribution in [0.1, 0.15) is 43.0 Å². The molecule has 0 spiro atoms. The summed E-state index contributed by atoms with van der Waals surface area (Å²) in [6.45, 7) is 0.789. The molecule has 5 nitrogen and oxygen atoms in total. The first kappa shape index (κ1) is 21.0. The van der Waals surface area contributed by atoms with Crippen LogP contribution in [-0.2, 0) is 6.61 Å². The molecule has 6 heteroatoms. The van der Waals surface area contributed by atoms with Crippen LogP contribution in [0.5, 0.6) is 5.75 Å². The van der Waals surface area contributed by atoms with Gasteiger partial charge in [-0.2, -0.15) is 0 Å². The van der Waals surface area contributed by atoms with E-state index in [4.69, 9.17) is 21.3 Å². The first-order valence-corrected chi connectivity index (χ1v) is 11.5. The number of benzene rings is 2. The van der Waals surface area contributed by atoms with Crippen LogP contribution in [0.3, 0.4) is 0 Å². The Bertz CT molecular complexity index is 1200. The molecule has 1 fully saturated rings. The third-order valence-electron chi connectivity index (χ3n) is 6.36. The lowest BCUT2D eigenvalue weighted by atomic mass is 9.82. The lowest BCUT2D eigenvalue weighted by Crippen LogP contribution is -2.17. The number of nitrogens with zero attached hydrogens (tertiary/aromatic N) is 3. The first-order chi connectivity index (χ1) is 15.7. The summed E-state index contributed by atoms with van der Waals surface area (Å²) in [7, 11) is 0. The van der Waals surface area contributed by atoms with Crippen molar-refractivity contribution in [2.75, 3.05) is 6.61 Å². The maximum atomic E-state index is 9.45. The van der Waals surface area contributed by atoms with Crippen LogP contribution in [0.4, 0.5) is 0 Å². The highest BCUT2D eigenvalue weighted by Gasteiger charge is 2.25. The lowest BCUT2D eigenvalue weighted by Gasteiger charge is -2.26. The van der Waals surface area contributed by atoms with Crippen molar-refractivity contribution in [3.63, 3.8) is 0 Å². The number of halogens is 1. The molecule has 1 saturated carbocycles. The van der Waals surface area contributed by atoms with Crippen LogP contribution in [0, 0.1) is 5.92 Å². The molecular formula is C26H26ClN3O2. The SMILES string of the molecule is OC[C@H]1CC[C@H](c2ncc3c(Cl)nc(-c4cccc(OCc5ccccc5)c4)cn32)CC1. The van der Waals surface area contributed by atoms with Gasteiger partial charge in [-0.25, -0.2) is 9.97 Å². The summed E-state index contributed by atoms with van der Waals surface area (Å²) >= 11 is 6.55. The number of hydrogen-bond donors (Lipinski definition) is 1. The zero-order valence-corrected chi connectivity index (χ0v) is 18.6. The molecule has 1 aliphatic rings. The van der Waals surface area contributed by atoms with E-state index in [1.54, 1.807) is 0 Å². The van der Waals surface area contributed by atoms with Gasteiger partial charge < -0.3 is 9.84 Å². The molecule has 5 rings (SSSR count). The van der Waals surface area contributed by atoms with Crippen molar-refractivity contribution in [3.05, 3.63) is 83.5 Å². The molecule has 4 aromatic rings. The van der Waals surface area contributed by atoms with E-state index < -0.39 is 0 Å². The zero-order chi connectivity index (χ0) is 21.9. The largest absolute Gasteiger partial charge is 0.489 e. The minimum absolute atomic E-state index is 0.275. The number of hydrogen-bond acceptors (Lipinski definition) is 4. The molecule has 2 aromatic heterocycles. The lowest BCUT2D eigenvalue weighted by molar-refractivity contribution is 0.181. The molecular weight excluding hydrogens is 422 g/mol. The van der Waals surface area contributed by atoms with Crippen LogP contribution < -0.4 is 4.74 Å². The normalized spacial score (nSPS) is 18.7. The number of aliphatic hydroxyl groups is 1. The van der Waals surface area contributed by atoms with Crippen molar-refractivity contribution < 1.29 is 9.84 Å². The summed E-state index contributed by atoms with van der Waals surface area (Å²) in [4.78, 5) is 9.33. The average molecular weight is 448 g/mol. The predicted octanol–water partition coefficient (Wildman–Crippen LogP) is 5.89. The van der Waals surface area contributed by atoms with Crippen molar-refractivity contribution >= 4 is 17.1 Å². The molecule has 0 atom stereocenters. The summed E-state index contributed by atoms with van der Waals surface area (Å²) in [6, 6.07) is 18.1.